The predicted molar refractivity (Wildman–Crippen MR) is 178 cm³/mol. The summed E-state index contributed by atoms with van der Waals surface area (Å²) in [6, 6.07) is 18.7. The first-order valence-electron chi connectivity index (χ1n) is 14.2. The standard InChI is InChI=1S/C32H37Cl4N5O2/c1-38(2)32(43)37-20-23-6-4-5-7-30(23)41-14-12-40(13-15-41)11-10-24(22-8-9-28(35)29(36)18-22)21-39(3)31(42)25-16-26(33)19-27(34)17-25/h4-9,16-19,24H,10-15,20-21H2,1-3H3,(H,37,43)/t24-/m1/s1. The van der Waals surface area contributed by atoms with E-state index in [-0.39, 0.29) is 17.9 Å². The van der Waals surface area contributed by atoms with E-state index in [2.05, 4.69) is 27.2 Å². The maximum absolute atomic E-state index is 13.3. The van der Waals surface area contributed by atoms with E-state index in [4.69, 9.17) is 46.4 Å². The van der Waals surface area contributed by atoms with Gasteiger partial charge in [0.25, 0.3) is 5.91 Å². The van der Waals surface area contributed by atoms with Crippen LogP contribution in [0.15, 0.2) is 60.7 Å². The minimum Gasteiger partial charge on any atom is -0.369 e. The van der Waals surface area contributed by atoms with Crippen molar-refractivity contribution < 1.29 is 9.59 Å². The third-order valence-corrected chi connectivity index (χ3v) is 8.88. The summed E-state index contributed by atoms with van der Waals surface area (Å²) in [7, 11) is 5.26. The first-order valence-corrected chi connectivity index (χ1v) is 15.7. The van der Waals surface area contributed by atoms with Crippen molar-refractivity contribution in [3.05, 3.63) is 97.4 Å². The molecule has 1 atom stereocenters. The van der Waals surface area contributed by atoms with Crippen LogP contribution in [-0.2, 0) is 6.54 Å². The number of halogens is 4. The van der Waals surface area contributed by atoms with Gasteiger partial charge in [-0.05, 0) is 60.5 Å². The van der Waals surface area contributed by atoms with Crippen LogP contribution >= 0.6 is 46.4 Å². The van der Waals surface area contributed by atoms with Crippen molar-refractivity contribution in [3.8, 4) is 0 Å². The van der Waals surface area contributed by atoms with Crippen molar-refractivity contribution in [2.24, 2.45) is 0 Å². The quantitative estimate of drug-likeness (QED) is 0.250. The number of likely N-dealkylation sites (N-methyl/N-ethyl adjacent to an activating group) is 1. The lowest BCUT2D eigenvalue weighted by molar-refractivity contribution is 0.0782. The molecule has 0 radical (unpaired) electrons. The van der Waals surface area contributed by atoms with E-state index in [9.17, 15) is 9.59 Å². The smallest absolute Gasteiger partial charge is 0.317 e. The van der Waals surface area contributed by atoms with E-state index >= 15 is 0 Å². The highest BCUT2D eigenvalue weighted by molar-refractivity contribution is 6.42. The average molecular weight is 665 g/mol. The lowest BCUT2D eigenvalue weighted by Gasteiger charge is -2.38. The van der Waals surface area contributed by atoms with Crippen molar-refractivity contribution in [3.63, 3.8) is 0 Å². The summed E-state index contributed by atoms with van der Waals surface area (Å²) in [4.78, 5) is 33.4. The van der Waals surface area contributed by atoms with E-state index in [1.54, 1.807) is 44.2 Å². The van der Waals surface area contributed by atoms with Gasteiger partial charge in [-0.15, -0.1) is 0 Å². The van der Waals surface area contributed by atoms with Crippen LogP contribution in [0.1, 0.15) is 33.8 Å². The highest BCUT2D eigenvalue weighted by Crippen LogP contribution is 2.30. The molecule has 4 rings (SSSR count). The predicted octanol–water partition coefficient (Wildman–Crippen LogP) is 7.14. The Morgan fingerprint density at radius 3 is 2.19 bits per heavy atom. The number of piperazine rings is 1. The van der Waals surface area contributed by atoms with Gasteiger partial charge in [0.2, 0.25) is 0 Å². The molecule has 1 fully saturated rings. The maximum atomic E-state index is 13.3. The molecule has 1 saturated heterocycles. The Labute approximate surface area is 274 Å². The van der Waals surface area contributed by atoms with Gasteiger partial charge in [-0.3, -0.25) is 9.69 Å². The van der Waals surface area contributed by atoms with E-state index < -0.39 is 0 Å². The topological polar surface area (TPSA) is 59.1 Å². The number of anilines is 1. The van der Waals surface area contributed by atoms with Crippen molar-refractivity contribution in [2.75, 3.05) is 65.3 Å². The fraction of sp³-hybridized carbons (Fsp3) is 0.375. The average Bonchev–Trinajstić information content (AvgIpc) is 2.98. The van der Waals surface area contributed by atoms with Crippen LogP contribution in [-0.4, -0.2) is 87.0 Å². The summed E-state index contributed by atoms with van der Waals surface area (Å²) in [6.07, 6.45) is 0.832. The molecule has 230 valence electrons. The molecule has 0 unspecified atom stereocenters. The zero-order valence-corrected chi connectivity index (χ0v) is 27.6. The van der Waals surface area contributed by atoms with Crippen molar-refractivity contribution in [2.45, 2.75) is 18.9 Å². The fourth-order valence-corrected chi connectivity index (χ4v) is 6.12. The molecule has 0 aromatic heterocycles. The van der Waals surface area contributed by atoms with Crippen molar-refractivity contribution in [1.29, 1.82) is 0 Å². The molecule has 0 aliphatic carbocycles. The third-order valence-electron chi connectivity index (χ3n) is 7.70. The van der Waals surface area contributed by atoms with Gasteiger partial charge < -0.3 is 20.0 Å². The van der Waals surface area contributed by atoms with E-state index in [1.807, 2.05) is 30.3 Å². The largest absolute Gasteiger partial charge is 0.369 e. The highest BCUT2D eigenvalue weighted by Gasteiger charge is 2.24. The second kappa shape index (κ2) is 15.4. The molecule has 3 aromatic rings. The van der Waals surface area contributed by atoms with Crippen molar-refractivity contribution >= 4 is 64.0 Å². The number of benzene rings is 3. The molecular formula is C32H37Cl4N5O2. The third kappa shape index (κ3) is 9.16. The molecule has 1 aliphatic heterocycles. The Hall–Kier alpha value is -2.68. The second-order valence-corrected chi connectivity index (χ2v) is 12.7. The van der Waals surface area contributed by atoms with Gasteiger partial charge >= 0.3 is 6.03 Å². The number of rotatable bonds is 10. The van der Waals surface area contributed by atoms with Gasteiger partial charge in [-0.1, -0.05) is 70.7 Å². The Bertz CT molecular complexity index is 1410. The van der Waals surface area contributed by atoms with E-state index in [1.165, 1.54) is 4.90 Å². The molecule has 3 amide bonds. The highest BCUT2D eigenvalue weighted by atomic mass is 35.5. The molecule has 1 aliphatic rings. The first-order chi connectivity index (χ1) is 20.5. The van der Waals surface area contributed by atoms with Gasteiger partial charge in [0.05, 0.1) is 10.0 Å². The number of urea groups is 1. The molecular weight excluding hydrogens is 628 g/mol. The second-order valence-electron chi connectivity index (χ2n) is 11.0. The summed E-state index contributed by atoms with van der Waals surface area (Å²) in [6.45, 7) is 5.40. The minimum absolute atomic E-state index is 0.0393. The molecule has 0 spiro atoms. The molecule has 0 bridgehead atoms. The normalized spacial score (nSPS) is 14.3. The van der Waals surface area contributed by atoms with Crippen LogP contribution in [0.25, 0.3) is 0 Å². The van der Waals surface area contributed by atoms with Crippen LogP contribution in [0.5, 0.6) is 0 Å². The number of hydrogen-bond donors (Lipinski definition) is 1. The van der Waals surface area contributed by atoms with Crippen LogP contribution in [0.2, 0.25) is 20.1 Å². The number of carbonyl (C=O) groups is 2. The summed E-state index contributed by atoms with van der Waals surface area (Å²) in [5, 5.41) is 4.81. The van der Waals surface area contributed by atoms with Crippen LogP contribution in [0.3, 0.4) is 0 Å². The molecule has 7 nitrogen and oxygen atoms in total. The van der Waals surface area contributed by atoms with E-state index in [0.717, 1.165) is 56.0 Å². The lowest BCUT2D eigenvalue weighted by atomic mass is 9.94. The lowest BCUT2D eigenvalue weighted by Crippen LogP contribution is -2.47. The van der Waals surface area contributed by atoms with Crippen LogP contribution in [0.4, 0.5) is 10.5 Å². The Morgan fingerprint density at radius 2 is 1.53 bits per heavy atom. The summed E-state index contributed by atoms with van der Waals surface area (Å²) < 4.78 is 0. The SMILES string of the molecule is CN(C)C(=O)NCc1ccccc1N1CCN(CC[C@H](CN(C)C(=O)c2cc(Cl)cc(Cl)c2)c2ccc(Cl)c(Cl)c2)CC1. The summed E-state index contributed by atoms with van der Waals surface area (Å²) >= 11 is 24.9. The van der Waals surface area contributed by atoms with Gasteiger partial charge in [-0.2, -0.15) is 0 Å². The Kier molecular flexibility index (Phi) is 11.9. The first kappa shape index (κ1) is 33.2. The van der Waals surface area contributed by atoms with Crippen LogP contribution < -0.4 is 10.2 Å². The number of nitrogens with zero attached hydrogens (tertiary/aromatic N) is 4. The summed E-state index contributed by atoms with van der Waals surface area (Å²) in [5.41, 5.74) is 3.73. The number of nitrogens with one attached hydrogen (secondary N) is 1. The molecule has 1 heterocycles. The molecule has 3 aromatic carbocycles. The van der Waals surface area contributed by atoms with Gasteiger partial charge in [0, 0.05) is 87.6 Å². The number of carbonyl (C=O) groups excluding carboxylic acids is 2. The zero-order valence-electron chi connectivity index (χ0n) is 24.6. The van der Waals surface area contributed by atoms with Gasteiger partial charge in [0.1, 0.15) is 0 Å². The number of amides is 3. The Morgan fingerprint density at radius 1 is 0.860 bits per heavy atom. The molecule has 11 heteroatoms. The fourth-order valence-electron chi connectivity index (χ4n) is 5.29. The summed E-state index contributed by atoms with van der Waals surface area (Å²) in [5.74, 6) is -0.110. The maximum Gasteiger partial charge on any atom is 0.317 e. The van der Waals surface area contributed by atoms with Crippen molar-refractivity contribution in [1.82, 2.24) is 20.0 Å². The van der Waals surface area contributed by atoms with Gasteiger partial charge in [0.15, 0.2) is 0 Å². The molecule has 43 heavy (non-hydrogen) atoms. The van der Waals surface area contributed by atoms with E-state index in [0.29, 0.717) is 38.7 Å². The van der Waals surface area contributed by atoms with Crippen LogP contribution in [0, 0.1) is 0 Å². The monoisotopic (exact) mass is 663 g/mol. The minimum atomic E-state index is -0.150. The Balaban J connectivity index is 1.40. The number of para-hydroxylation sites is 1. The zero-order chi connectivity index (χ0) is 31.1. The number of hydrogen-bond acceptors (Lipinski definition) is 4. The molecule has 0 saturated carbocycles. The molecule has 1 N–H and O–H groups in total. The van der Waals surface area contributed by atoms with Gasteiger partial charge in [-0.25, -0.2) is 4.79 Å².